The zero-order valence-electron chi connectivity index (χ0n) is 10.8. The van der Waals surface area contributed by atoms with Gasteiger partial charge in [0, 0.05) is 18.7 Å². The maximum absolute atomic E-state index is 13.4. The van der Waals surface area contributed by atoms with Crippen LogP contribution < -0.4 is 5.32 Å². The summed E-state index contributed by atoms with van der Waals surface area (Å²) in [6, 6.07) is 0.900. The molecular formula is C14H16F3NO2. The van der Waals surface area contributed by atoms with Gasteiger partial charge in [-0.25, -0.2) is 13.2 Å². The average Bonchev–Trinajstić information content (AvgIpc) is 2.88. The van der Waals surface area contributed by atoms with E-state index < -0.39 is 35.0 Å². The third-order valence-electron chi connectivity index (χ3n) is 3.65. The first-order valence-electron chi connectivity index (χ1n) is 6.60. The van der Waals surface area contributed by atoms with Gasteiger partial charge in [-0.1, -0.05) is 12.8 Å². The van der Waals surface area contributed by atoms with E-state index >= 15 is 0 Å². The second-order valence-electron chi connectivity index (χ2n) is 5.07. The van der Waals surface area contributed by atoms with E-state index in [1.165, 1.54) is 0 Å². The number of hydrogen-bond donors (Lipinski definition) is 2. The van der Waals surface area contributed by atoms with Gasteiger partial charge in [-0.15, -0.1) is 0 Å². The van der Waals surface area contributed by atoms with Gasteiger partial charge in [-0.3, -0.25) is 4.79 Å². The van der Waals surface area contributed by atoms with E-state index in [4.69, 9.17) is 0 Å². The summed E-state index contributed by atoms with van der Waals surface area (Å²) < 4.78 is 39.5. The van der Waals surface area contributed by atoms with Crippen molar-refractivity contribution in [3.8, 4) is 0 Å². The number of carbonyl (C=O) groups excluding carboxylic acids is 1. The molecule has 0 saturated heterocycles. The molecule has 1 aliphatic rings. The van der Waals surface area contributed by atoms with Crippen LogP contribution in [0.3, 0.4) is 0 Å². The van der Waals surface area contributed by atoms with Crippen LogP contribution in [0, 0.1) is 23.4 Å². The molecule has 0 spiro atoms. The number of rotatable bonds is 4. The number of nitrogens with one attached hydrogen (secondary N) is 1. The van der Waals surface area contributed by atoms with Crippen molar-refractivity contribution in [2.24, 2.45) is 5.92 Å². The van der Waals surface area contributed by atoms with Crippen molar-refractivity contribution in [3.05, 3.63) is 35.1 Å². The van der Waals surface area contributed by atoms with Gasteiger partial charge in [0.2, 0.25) is 0 Å². The lowest BCUT2D eigenvalue weighted by atomic mass is 10.0. The summed E-state index contributed by atoms with van der Waals surface area (Å²) >= 11 is 0. The molecule has 1 saturated carbocycles. The Morgan fingerprint density at radius 1 is 1.25 bits per heavy atom. The maximum atomic E-state index is 13.4. The Morgan fingerprint density at radius 2 is 1.80 bits per heavy atom. The van der Waals surface area contributed by atoms with Gasteiger partial charge in [0.15, 0.2) is 0 Å². The zero-order chi connectivity index (χ0) is 14.7. The Kier molecular flexibility index (Phi) is 4.65. The normalized spacial score (nSPS) is 17.2. The van der Waals surface area contributed by atoms with Gasteiger partial charge >= 0.3 is 0 Å². The molecule has 1 aromatic rings. The first-order chi connectivity index (χ1) is 9.49. The van der Waals surface area contributed by atoms with Crippen LogP contribution in [-0.2, 0) is 0 Å². The molecule has 1 amide bonds. The molecule has 0 aromatic heterocycles. The fourth-order valence-electron chi connectivity index (χ4n) is 2.55. The highest BCUT2D eigenvalue weighted by Gasteiger charge is 2.25. The monoisotopic (exact) mass is 287 g/mol. The van der Waals surface area contributed by atoms with Crippen LogP contribution in [0.15, 0.2) is 12.1 Å². The summed E-state index contributed by atoms with van der Waals surface area (Å²) in [4.78, 5) is 11.7. The first-order valence-corrected chi connectivity index (χ1v) is 6.60. The van der Waals surface area contributed by atoms with Crippen LogP contribution in [0.5, 0.6) is 0 Å². The Labute approximate surface area is 114 Å². The Bertz CT molecular complexity index is 478. The lowest BCUT2D eigenvalue weighted by molar-refractivity contribution is 0.0833. The van der Waals surface area contributed by atoms with E-state index in [1.807, 2.05) is 0 Å². The smallest absolute Gasteiger partial charge is 0.257 e. The van der Waals surface area contributed by atoms with Gasteiger partial charge in [-0.2, -0.15) is 0 Å². The minimum Gasteiger partial charge on any atom is -0.391 e. The van der Waals surface area contributed by atoms with Crippen LogP contribution >= 0.6 is 0 Å². The topological polar surface area (TPSA) is 49.3 Å². The molecule has 6 heteroatoms. The molecule has 0 bridgehead atoms. The molecule has 3 nitrogen and oxygen atoms in total. The predicted molar refractivity (Wildman–Crippen MR) is 66.6 cm³/mol. The molecule has 1 fully saturated rings. The number of halogens is 3. The lowest BCUT2D eigenvalue weighted by Gasteiger charge is -2.18. The molecule has 0 heterocycles. The fourth-order valence-corrected chi connectivity index (χ4v) is 2.55. The third kappa shape index (κ3) is 3.30. The minimum absolute atomic E-state index is 0.0697. The second-order valence-corrected chi connectivity index (χ2v) is 5.07. The molecule has 110 valence electrons. The highest BCUT2D eigenvalue weighted by molar-refractivity contribution is 5.94. The summed E-state index contributed by atoms with van der Waals surface area (Å²) in [7, 11) is 0. The highest BCUT2D eigenvalue weighted by Crippen LogP contribution is 2.27. The van der Waals surface area contributed by atoms with E-state index in [1.54, 1.807) is 0 Å². The van der Waals surface area contributed by atoms with Crippen molar-refractivity contribution in [2.45, 2.75) is 31.8 Å². The van der Waals surface area contributed by atoms with E-state index in [2.05, 4.69) is 5.32 Å². The number of carbonyl (C=O) groups is 1. The Hall–Kier alpha value is -1.56. The summed E-state index contributed by atoms with van der Waals surface area (Å²) in [6.07, 6.45) is 3.12. The standard InChI is InChI=1S/C14H16F3NO2/c15-9-5-10(16)13(11(17)6-9)14(20)18-7-12(19)8-3-1-2-4-8/h5-6,8,12,19H,1-4,7H2,(H,18,20). The van der Waals surface area contributed by atoms with Crippen LogP contribution in [0.4, 0.5) is 13.2 Å². The van der Waals surface area contributed by atoms with E-state index in [0.717, 1.165) is 25.7 Å². The van der Waals surface area contributed by atoms with Crippen molar-refractivity contribution < 1.29 is 23.1 Å². The Morgan fingerprint density at radius 3 is 2.35 bits per heavy atom. The lowest BCUT2D eigenvalue weighted by Crippen LogP contribution is -2.36. The quantitative estimate of drug-likeness (QED) is 0.893. The van der Waals surface area contributed by atoms with Gasteiger partial charge in [0.1, 0.15) is 23.0 Å². The van der Waals surface area contributed by atoms with E-state index in [-0.39, 0.29) is 12.5 Å². The van der Waals surface area contributed by atoms with Crippen LogP contribution in [0.2, 0.25) is 0 Å². The second kappa shape index (κ2) is 6.26. The van der Waals surface area contributed by atoms with Crippen LogP contribution in [0.1, 0.15) is 36.0 Å². The zero-order valence-corrected chi connectivity index (χ0v) is 10.8. The van der Waals surface area contributed by atoms with Crippen molar-refractivity contribution >= 4 is 5.91 Å². The largest absolute Gasteiger partial charge is 0.391 e. The molecule has 0 radical (unpaired) electrons. The van der Waals surface area contributed by atoms with Crippen molar-refractivity contribution in [2.75, 3.05) is 6.54 Å². The predicted octanol–water partition coefficient (Wildman–Crippen LogP) is 2.38. The summed E-state index contributed by atoms with van der Waals surface area (Å²) in [5.74, 6) is -4.47. The van der Waals surface area contributed by atoms with Crippen molar-refractivity contribution in [1.29, 1.82) is 0 Å². The highest BCUT2D eigenvalue weighted by atomic mass is 19.1. The number of aliphatic hydroxyl groups excluding tert-OH is 1. The maximum Gasteiger partial charge on any atom is 0.257 e. The summed E-state index contributed by atoms with van der Waals surface area (Å²) in [6.45, 7) is -0.0697. The molecule has 1 aromatic carbocycles. The van der Waals surface area contributed by atoms with Gasteiger partial charge < -0.3 is 10.4 Å². The molecule has 2 N–H and O–H groups in total. The number of aliphatic hydroxyl groups is 1. The number of benzene rings is 1. The molecular weight excluding hydrogens is 271 g/mol. The number of hydrogen-bond acceptors (Lipinski definition) is 2. The Balaban J connectivity index is 1.98. The third-order valence-corrected chi connectivity index (χ3v) is 3.65. The summed E-state index contributed by atoms with van der Waals surface area (Å²) in [5.41, 5.74) is -0.829. The van der Waals surface area contributed by atoms with Gasteiger partial charge in [0.05, 0.1) is 6.10 Å². The van der Waals surface area contributed by atoms with Crippen molar-refractivity contribution in [1.82, 2.24) is 5.32 Å². The fraction of sp³-hybridized carbons (Fsp3) is 0.500. The van der Waals surface area contributed by atoms with Gasteiger partial charge in [0.25, 0.3) is 5.91 Å². The molecule has 1 unspecified atom stereocenters. The summed E-state index contributed by atoms with van der Waals surface area (Å²) in [5, 5.41) is 12.2. The number of amides is 1. The van der Waals surface area contributed by atoms with Crippen LogP contribution in [0.25, 0.3) is 0 Å². The molecule has 1 atom stereocenters. The molecule has 20 heavy (non-hydrogen) atoms. The van der Waals surface area contributed by atoms with Crippen LogP contribution in [-0.4, -0.2) is 23.7 Å². The van der Waals surface area contributed by atoms with Crippen molar-refractivity contribution in [3.63, 3.8) is 0 Å². The average molecular weight is 287 g/mol. The molecule has 0 aliphatic heterocycles. The molecule has 1 aliphatic carbocycles. The SMILES string of the molecule is O=C(NCC(O)C1CCCC1)c1c(F)cc(F)cc1F. The molecule has 2 rings (SSSR count). The van der Waals surface area contributed by atoms with E-state index in [9.17, 15) is 23.1 Å². The first kappa shape index (κ1) is 14.8. The minimum atomic E-state index is -1.25. The van der Waals surface area contributed by atoms with E-state index in [0.29, 0.717) is 12.1 Å². The van der Waals surface area contributed by atoms with Gasteiger partial charge in [-0.05, 0) is 18.8 Å².